The number of pyridine rings is 1. The van der Waals surface area contributed by atoms with Crippen molar-refractivity contribution < 1.29 is 14.7 Å². The SMILES string of the molecule is Cc1nn(C)c(C)c1C(O)=C1C(=O)C(=O)N(Cc2cccnc2)[C@@H]1c1ccc(Cl)cc1. The second kappa shape index (κ2) is 8.00. The Hall–Kier alpha value is -3.45. The number of benzene rings is 1. The molecule has 158 valence electrons. The number of Topliss-reactive ketones (excluding diaryl/α,β-unsaturated/α-hetero) is 1. The van der Waals surface area contributed by atoms with Gasteiger partial charge in [0.1, 0.15) is 5.76 Å². The van der Waals surface area contributed by atoms with E-state index in [0.29, 0.717) is 27.5 Å². The van der Waals surface area contributed by atoms with Crippen molar-refractivity contribution in [3.8, 4) is 0 Å². The van der Waals surface area contributed by atoms with Crippen molar-refractivity contribution in [3.63, 3.8) is 0 Å². The van der Waals surface area contributed by atoms with Gasteiger partial charge in [0.05, 0.1) is 22.9 Å². The number of aliphatic hydroxyl groups excluding tert-OH is 1. The van der Waals surface area contributed by atoms with Gasteiger partial charge < -0.3 is 10.0 Å². The van der Waals surface area contributed by atoms with E-state index in [1.165, 1.54) is 4.90 Å². The third kappa shape index (κ3) is 3.61. The number of aromatic nitrogens is 3. The molecule has 0 unspecified atom stereocenters. The lowest BCUT2D eigenvalue weighted by Gasteiger charge is -2.25. The minimum Gasteiger partial charge on any atom is -0.507 e. The van der Waals surface area contributed by atoms with Gasteiger partial charge in [-0.1, -0.05) is 29.8 Å². The van der Waals surface area contributed by atoms with Gasteiger partial charge in [-0.15, -0.1) is 0 Å². The van der Waals surface area contributed by atoms with E-state index in [0.717, 1.165) is 5.56 Å². The Bertz CT molecular complexity index is 1200. The van der Waals surface area contributed by atoms with Crippen LogP contribution in [-0.4, -0.2) is 36.5 Å². The van der Waals surface area contributed by atoms with Crippen molar-refractivity contribution in [2.45, 2.75) is 26.4 Å². The summed E-state index contributed by atoms with van der Waals surface area (Å²) in [5, 5.41) is 16.1. The lowest BCUT2D eigenvalue weighted by Crippen LogP contribution is -2.29. The van der Waals surface area contributed by atoms with Crippen LogP contribution in [0.2, 0.25) is 5.02 Å². The number of likely N-dealkylation sites (tertiary alicyclic amines) is 1. The first-order valence-corrected chi connectivity index (χ1v) is 10.1. The van der Waals surface area contributed by atoms with Crippen molar-refractivity contribution in [2.24, 2.45) is 7.05 Å². The first-order valence-electron chi connectivity index (χ1n) is 9.73. The number of amides is 1. The molecule has 1 aliphatic heterocycles. The predicted molar refractivity (Wildman–Crippen MR) is 116 cm³/mol. The molecule has 8 heteroatoms. The van der Waals surface area contributed by atoms with Crippen LogP contribution < -0.4 is 0 Å². The number of nitrogens with zero attached hydrogens (tertiary/aromatic N) is 4. The summed E-state index contributed by atoms with van der Waals surface area (Å²) in [4.78, 5) is 31.7. The molecular weight excluding hydrogens is 416 g/mol. The first-order chi connectivity index (χ1) is 14.8. The summed E-state index contributed by atoms with van der Waals surface area (Å²) >= 11 is 6.05. The standard InChI is InChI=1S/C23H21ClN4O3/c1-13-18(14(2)27(3)26-13)21(29)19-20(16-6-8-17(24)9-7-16)28(23(31)22(19)30)12-15-5-4-10-25-11-15/h4-11,20,29H,12H2,1-3H3/t20-/m1/s1. The van der Waals surface area contributed by atoms with E-state index in [9.17, 15) is 14.7 Å². The topological polar surface area (TPSA) is 88.3 Å². The summed E-state index contributed by atoms with van der Waals surface area (Å²) in [7, 11) is 1.76. The van der Waals surface area contributed by atoms with Crippen LogP contribution in [0.25, 0.3) is 5.76 Å². The van der Waals surface area contributed by atoms with Gasteiger partial charge in [-0.3, -0.25) is 19.3 Å². The zero-order chi connectivity index (χ0) is 22.3. The number of ketones is 1. The van der Waals surface area contributed by atoms with E-state index >= 15 is 0 Å². The summed E-state index contributed by atoms with van der Waals surface area (Å²) in [6, 6.07) is 9.74. The highest BCUT2D eigenvalue weighted by molar-refractivity contribution is 6.46. The van der Waals surface area contributed by atoms with Crippen LogP contribution in [0.5, 0.6) is 0 Å². The van der Waals surface area contributed by atoms with Crippen LogP contribution in [0.4, 0.5) is 0 Å². The van der Waals surface area contributed by atoms with E-state index < -0.39 is 17.7 Å². The normalized spacial score (nSPS) is 18.1. The van der Waals surface area contributed by atoms with E-state index in [1.54, 1.807) is 68.3 Å². The number of hydrogen-bond donors (Lipinski definition) is 1. The van der Waals surface area contributed by atoms with Crippen molar-refractivity contribution in [3.05, 3.63) is 87.5 Å². The zero-order valence-corrected chi connectivity index (χ0v) is 18.1. The number of halogens is 1. The molecule has 7 nitrogen and oxygen atoms in total. The van der Waals surface area contributed by atoms with E-state index in [2.05, 4.69) is 10.1 Å². The molecule has 31 heavy (non-hydrogen) atoms. The Morgan fingerprint density at radius 3 is 2.45 bits per heavy atom. The number of aryl methyl sites for hydroxylation is 2. The van der Waals surface area contributed by atoms with E-state index in [4.69, 9.17) is 11.6 Å². The molecule has 1 fully saturated rings. The second-order valence-corrected chi connectivity index (χ2v) is 7.95. The monoisotopic (exact) mass is 436 g/mol. The molecule has 1 N–H and O–H groups in total. The van der Waals surface area contributed by atoms with Crippen molar-refractivity contribution >= 4 is 29.1 Å². The number of rotatable bonds is 4. The molecule has 0 bridgehead atoms. The molecule has 1 aromatic carbocycles. The fourth-order valence-electron chi connectivity index (χ4n) is 3.97. The maximum atomic E-state index is 13.1. The molecule has 0 spiro atoms. The summed E-state index contributed by atoms with van der Waals surface area (Å²) in [5.74, 6) is -1.64. The van der Waals surface area contributed by atoms with E-state index in [1.807, 2.05) is 6.07 Å². The number of carbonyl (C=O) groups excluding carboxylic acids is 2. The Morgan fingerprint density at radius 1 is 1.16 bits per heavy atom. The van der Waals surface area contributed by atoms with Crippen LogP contribution in [0, 0.1) is 13.8 Å². The minimum absolute atomic E-state index is 0.0374. The molecule has 1 aliphatic rings. The van der Waals surface area contributed by atoms with Gasteiger partial charge in [0.2, 0.25) is 0 Å². The van der Waals surface area contributed by atoms with Crippen molar-refractivity contribution in [1.82, 2.24) is 19.7 Å². The molecule has 0 aliphatic carbocycles. The Balaban J connectivity index is 1.91. The molecular formula is C23H21ClN4O3. The zero-order valence-electron chi connectivity index (χ0n) is 17.3. The molecule has 3 aromatic rings. The molecule has 4 rings (SSSR count). The lowest BCUT2D eigenvalue weighted by molar-refractivity contribution is -0.140. The highest BCUT2D eigenvalue weighted by atomic mass is 35.5. The molecule has 2 aromatic heterocycles. The van der Waals surface area contributed by atoms with Gasteiger partial charge in [-0.05, 0) is 43.2 Å². The highest BCUT2D eigenvalue weighted by Gasteiger charge is 2.46. The van der Waals surface area contributed by atoms with Crippen LogP contribution >= 0.6 is 11.6 Å². The van der Waals surface area contributed by atoms with Crippen LogP contribution in [0.1, 0.15) is 34.1 Å². The summed E-state index contributed by atoms with van der Waals surface area (Å²) in [6.45, 7) is 3.73. The molecule has 1 atom stereocenters. The lowest BCUT2D eigenvalue weighted by atomic mass is 9.94. The smallest absolute Gasteiger partial charge is 0.295 e. The summed E-state index contributed by atoms with van der Waals surface area (Å²) < 4.78 is 1.63. The summed E-state index contributed by atoms with van der Waals surface area (Å²) in [5.41, 5.74) is 3.22. The Morgan fingerprint density at radius 2 is 1.87 bits per heavy atom. The number of aliphatic hydroxyl groups is 1. The fraction of sp³-hybridized carbons (Fsp3) is 0.217. The van der Waals surface area contributed by atoms with Gasteiger partial charge in [0.15, 0.2) is 0 Å². The molecule has 3 heterocycles. The third-order valence-corrected chi connectivity index (χ3v) is 5.80. The number of hydrogen-bond acceptors (Lipinski definition) is 5. The average molecular weight is 437 g/mol. The first kappa shape index (κ1) is 20.8. The maximum Gasteiger partial charge on any atom is 0.295 e. The van der Waals surface area contributed by atoms with Gasteiger partial charge in [0.25, 0.3) is 11.7 Å². The Labute approximate surface area is 184 Å². The minimum atomic E-state index is -0.767. The molecule has 1 amide bonds. The van der Waals surface area contributed by atoms with E-state index in [-0.39, 0.29) is 17.9 Å². The molecule has 0 radical (unpaired) electrons. The molecule has 1 saturated heterocycles. The maximum absolute atomic E-state index is 13.1. The van der Waals surface area contributed by atoms with Gasteiger partial charge >= 0.3 is 0 Å². The average Bonchev–Trinajstić information content (AvgIpc) is 3.15. The quantitative estimate of drug-likeness (QED) is 0.382. The third-order valence-electron chi connectivity index (χ3n) is 5.55. The molecule has 0 saturated carbocycles. The Kier molecular flexibility index (Phi) is 5.37. The fourth-order valence-corrected chi connectivity index (χ4v) is 4.10. The van der Waals surface area contributed by atoms with Gasteiger partial charge in [0, 0.05) is 36.7 Å². The predicted octanol–water partition coefficient (Wildman–Crippen LogP) is 3.71. The van der Waals surface area contributed by atoms with Crippen molar-refractivity contribution in [1.29, 1.82) is 0 Å². The van der Waals surface area contributed by atoms with Gasteiger partial charge in [-0.25, -0.2) is 0 Å². The summed E-state index contributed by atoms with van der Waals surface area (Å²) in [6.07, 6.45) is 3.29. The van der Waals surface area contributed by atoms with Crippen molar-refractivity contribution in [2.75, 3.05) is 0 Å². The largest absolute Gasteiger partial charge is 0.507 e. The van der Waals surface area contributed by atoms with Crippen LogP contribution in [-0.2, 0) is 23.2 Å². The van der Waals surface area contributed by atoms with Crippen LogP contribution in [0.3, 0.4) is 0 Å². The van der Waals surface area contributed by atoms with Gasteiger partial charge in [-0.2, -0.15) is 5.10 Å². The number of carbonyl (C=O) groups is 2. The highest BCUT2D eigenvalue weighted by Crippen LogP contribution is 2.41. The second-order valence-electron chi connectivity index (χ2n) is 7.51. The van der Waals surface area contributed by atoms with Crippen LogP contribution in [0.15, 0.2) is 54.4 Å².